The minimum absolute atomic E-state index is 0.691. The fourth-order valence-corrected chi connectivity index (χ4v) is 0.660. The topological polar surface area (TPSA) is 21.3 Å². The van der Waals surface area contributed by atoms with E-state index in [1.54, 1.807) is 0 Å². The zero-order valence-corrected chi connectivity index (χ0v) is 10.1. The third kappa shape index (κ3) is 8.91. The Labute approximate surface area is 88.4 Å². The number of nitrogens with one attached hydrogen (secondary N) is 1. The fraction of sp³-hybridized carbons (Fsp3) is 0.500. The summed E-state index contributed by atoms with van der Waals surface area (Å²) in [6.45, 7) is 12.4. The van der Waals surface area contributed by atoms with Gasteiger partial charge in [0.05, 0.1) is 6.61 Å². The highest BCUT2D eigenvalue weighted by Gasteiger charge is 1.87. The lowest BCUT2D eigenvalue weighted by molar-refractivity contribution is 0.242. The third-order valence-electron chi connectivity index (χ3n) is 1.37. The van der Waals surface area contributed by atoms with E-state index in [4.69, 9.17) is 4.74 Å². The van der Waals surface area contributed by atoms with E-state index in [2.05, 4.69) is 11.9 Å². The van der Waals surface area contributed by atoms with Crippen LogP contribution in [0.1, 0.15) is 27.7 Å². The molecule has 82 valence electrons. The maximum Gasteiger partial charge on any atom is 0.115 e. The normalized spacial score (nSPS) is 10.5. The molecule has 0 unspecified atom stereocenters. The van der Waals surface area contributed by atoms with Crippen molar-refractivity contribution in [1.29, 1.82) is 0 Å². The van der Waals surface area contributed by atoms with E-state index >= 15 is 0 Å². The van der Waals surface area contributed by atoms with E-state index in [1.165, 1.54) is 0 Å². The minimum atomic E-state index is 0.691. The molecule has 0 spiro atoms. The van der Waals surface area contributed by atoms with Crippen molar-refractivity contribution < 1.29 is 4.74 Å². The molecular weight excluding hydrogens is 174 g/mol. The molecule has 0 aromatic rings. The van der Waals surface area contributed by atoms with Gasteiger partial charge in [-0.25, -0.2) is 0 Å². The van der Waals surface area contributed by atoms with E-state index in [9.17, 15) is 0 Å². The van der Waals surface area contributed by atoms with Crippen LogP contribution < -0.4 is 5.32 Å². The van der Waals surface area contributed by atoms with Gasteiger partial charge in [0.2, 0.25) is 0 Å². The van der Waals surface area contributed by atoms with E-state index < -0.39 is 0 Å². The van der Waals surface area contributed by atoms with Crippen LogP contribution >= 0.6 is 0 Å². The number of hydrogen-bond donors (Lipinski definition) is 1. The van der Waals surface area contributed by atoms with Gasteiger partial charge in [-0.3, -0.25) is 0 Å². The highest BCUT2D eigenvalue weighted by molar-refractivity contribution is 5.21. The van der Waals surface area contributed by atoms with Gasteiger partial charge in [0.25, 0.3) is 0 Å². The quantitative estimate of drug-likeness (QED) is 0.539. The smallest absolute Gasteiger partial charge is 0.115 e. The Bertz CT molecular complexity index is 192. The first-order valence-electron chi connectivity index (χ1n) is 5.08. The first-order valence-corrected chi connectivity index (χ1v) is 5.08. The van der Waals surface area contributed by atoms with Crippen molar-refractivity contribution in [2.45, 2.75) is 27.7 Å². The largest absolute Gasteiger partial charge is 0.494 e. The number of rotatable bonds is 5. The average molecular weight is 197 g/mol. The molecule has 0 saturated heterocycles. The predicted octanol–water partition coefficient (Wildman–Crippen LogP) is 3.24. The van der Waals surface area contributed by atoms with Crippen molar-refractivity contribution in [3.05, 3.63) is 36.3 Å². The predicted molar refractivity (Wildman–Crippen MR) is 64.1 cm³/mol. The van der Waals surface area contributed by atoms with Gasteiger partial charge in [-0.05, 0) is 32.1 Å². The molecule has 0 aliphatic heterocycles. The minimum Gasteiger partial charge on any atom is -0.494 e. The molecule has 2 nitrogen and oxygen atoms in total. The highest BCUT2D eigenvalue weighted by Crippen LogP contribution is 2.00. The summed E-state index contributed by atoms with van der Waals surface area (Å²) in [6.07, 6.45) is 5.69. The molecule has 2 heteroatoms. The number of allylic oxidation sites excluding steroid dienone is 3. The van der Waals surface area contributed by atoms with Gasteiger partial charge in [-0.15, -0.1) is 0 Å². The van der Waals surface area contributed by atoms with Crippen LogP contribution in [0, 0.1) is 0 Å². The molecule has 0 aliphatic rings. The Hall–Kier alpha value is -1.18. The zero-order valence-electron chi connectivity index (χ0n) is 10.1. The standard InChI is InChI=1S/C10H17NO.C2H6/c1-5-10(12-6-2)8-7-9(3)11-4;1-2/h5,7-8,11H,3,6H2,1-2,4H3;1-2H3/b8-7-,10-5+;. The second-order valence-corrected chi connectivity index (χ2v) is 2.23. The summed E-state index contributed by atoms with van der Waals surface area (Å²) in [4.78, 5) is 0. The van der Waals surface area contributed by atoms with Crippen molar-refractivity contribution in [2.75, 3.05) is 13.7 Å². The van der Waals surface area contributed by atoms with Crippen LogP contribution in [0.15, 0.2) is 36.3 Å². The molecule has 0 atom stereocenters. The Morgan fingerprint density at radius 2 is 1.93 bits per heavy atom. The Morgan fingerprint density at radius 1 is 1.36 bits per heavy atom. The van der Waals surface area contributed by atoms with E-state index in [0.29, 0.717) is 6.61 Å². The zero-order chi connectivity index (χ0) is 11.4. The molecule has 0 aromatic carbocycles. The SMILES string of the molecule is C=C(/C=C\C(=C/C)OCC)NC.CC. The number of hydrogen-bond acceptors (Lipinski definition) is 2. The van der Waals surface area contributed by atoms with Gasteiger partial charge in [-0.2, -0.15) is 0 Å². The summed E-state index contributed by atoms with van der Waals surface area (Å²) in [5.41, 5.74) is 0.869. The van der Waals surface area contributed by atoms with Gasteiger partial charge >= 0.3 is 0 Å². The van der Waals surface area contributed by atoms with Crippen molar-refractivity contribution in [2.24, 2.45) is 0 Å². The lowest BCUT2D eigenvalue weighted by Crippen LogP contribution is -2.00. The van der Waals surface area contributed by atoms with Crippen LogP contribution in [0.3, 0.4) is 0 Å². The summed E-state index contributed by atoms with van der Waals surface area (Å²) in [5, 5.41) is 2.92. The summed E-state index contributed by atoms with van der Waals surface area (Å²) in [7, 11) is 1.84. The van der Waals surface area contributed by atoms with Crippen LogP contribution in [0.2, 0.25) is 0 Å². The second-order valence-electron chi connectivity index (χ2n) is 2.23. The molecule has 0 heterocycles. The van der Waals surface area contributed by atoms with E-state index in [-0.39, 0.29) is 0 Å². The number of ether oxygens (including phenoxy) is 1. The summed E-state index contributed by atoms with van der Waals surface area (Å²) in [5.74, 6) is 0.869. The van der Waals surface area contributed by atoms with Crippen LogP contribution in [-0.2, 0) is 4.74 Å². The van der Waals surface area contributed by atoms with Gasteiger partial charge in [0, 0.05) is 12.7 Å². The summed E-state index contributed by atoms with van der Waals surface area (Å²) >= 11 is 0. The highest BCUT2D eigenvalue weighted by atomic mass is 16.5. The molecule has 0 amide bonds. The van der Waals surface area contributed by atoms with E-state index in [0.717, 1.165) is 11.5 Å². The van der Waals surface area contributed by atoms with Crippen molar-refractivity contribution in [3.8, 4) is 0 Å². The number of likely N-dealkylation sites (N-methyl/N-ethyl adjacent to an activating group) is 1. The van der Waals surface area contributed by atoms with Crippen LogP contribution in [0.4, 0.5) is 0 Å². The molecule has 0 aliphatic carbocycles. The molecule has 14 heavy (non-hydrogen) atoms. The van der Waals surface area contributed by atoms with Crippen LogP contribution in [0.5, 0.6) is 0 Å². The molecule has 0 bridgehead atoms. The van der Waals surface area contributed by atoms with Crippen molar-refractivity contribution in [3.63, 3.8) is 0 Å². The average Bonchev–Trinajstić information content (AvgIpc) is 2.26. The molecule has 1 N–H and O–H groups in total. The van der Waals surface area contributed by atoms with Gasteiger partial charge < -0.3 is 10.1 Å². The molecular formula is C12H23NO. The fourth-order valence-electron chi connectivity index (χ4n) is 0.660. The van der Waals surface area contributed by atoms with Gasteiger partial charge in [0.15, 0.2) is 0 Å². The third-order valence-corrected chi connectivity index (χ3v) is 1.37. The lowest BCUT2D eigenvalue weighted by Gasteiger charge is -2.02. The Morgan fingerprint density at radius 3 is 2.29 bits per heavy atom. The van der Waals surface area contributed by atoms with Crippen molar-refractivity contribution >= 4 is 0 Å². The molecule has 0 rings (SSSR count). The first kappa shape index (κ1) is 15.3. The molecule has 0 aromatic heterocycles. The molecule has 0 saturated carbocycles. The Kier molecular flexibility index (Phi) is 12.9. The van der Waals surface area contributed by atoms with Gasteiger partial charge in [-0.1, -0.05) is 20.4 Å². The summed E-state index contributed by atoms with van der Waals surface area (Å²) < 4.78 is 5.29. The van der Waals surface area contributed by atoms with Crippen molar-refractivity contribution in [1.82, 2.24) is 5.32 Å². The van der Waals surface area contributed by atoms with Gasteiger partial charge in [0.1, 0.15) is 5.76 Å². The van der Waals surface area contributed by atoms with Crippen LogP contribution in [-0.4, -0.2) is 13.7 Å². The first-order chi connectivity index (χ1) is 6.74. The molecule has 0 fully saturated rings. The van der Waals surface area contributed by atoms with Crippen LogP contribution in [0.25, 0.3) is 0 Å². The Balaban J connectivity index is 0. The maximum atomic E-state index is 5.29. The lowest BCUT2D eigenvalue weighted by atomic mass is 10.3. The maximum absolute atomic E-state index is 5.29. The van der Waals surface area contributed by atoms with E-state index in [1.807, 2.05) is 53.0 Å². The summed E-state index contributed by atoms with van der Waals surface area (Å²) in [6, 6.07) is 0. The monoisotopic (exact) mass is 197 g/mol. The second kappa shape index (κ2) is 11.8. The molecule has 0 radical (unpaired) electrons.